The fourth-order valence-electron chi connectivity index (χ4n) is 1.26. The summed E-state index contributed by atoms with van der Waals surface area (Å²) in [5.41, 5.74) is 1.32. The summed E-state index contributed by atoms with van der Waals surface area (Å²) in [6, 6.07) is 6.81. The molecule has 0 saturated carbocycles. The monoisotopic (exact) mass is 270 g/mol. The highest BCUT2D eigenvalue weighted by molar-refractivity contribution is 6.18. The molecule has 0 heterocycles. The number of carbonyl (C=O) groups excluding carboxylic acids is 2. The largest absolute Gasteiger partial charge is 0.370 e. The number of carbonyl (C=O) groups is 2. The van der Waals surface area contributed by atoms with Gasteiger partial charge in [-0.15, -0.1) is 11.6 Å². The van der Waals surface area contributed by atoms with Crippen LogP contribution < -0.4 is 10.6 Å². The lowest BCUT2D eigenvalue weighted by molar-refractivity contribution is -0.120. The summed E-state index contributed by atoms with van der Waals surface area (Å²) in [5.74, 6) is -0.0211. The van der Waals surface area contributed by atoms with E-state index in [9.17, 15) is 9.59 Å². The molecule has 0 aromatic heterocycles. The molecule has 0 aliphatic heterocycles. The van der Waals surface area contributed by atoms with E-state index in [1.165, 1.54) is 6.92 Å². The molecule has 1 aromatic rings. The molecule has 1 rings (SSSR count). The van der Waals surface area contributed by atoms with Gasteiger partial charge in [0, 0.05) is 24.2 Å². The molecule has 0 spiro atoms. The molecule has 0 aliphatic rings. The summed E-state index contributed by atoms with van der Waals surface area (Å²) in [6.07, 6.45) is 0. The van der Waals surface area contributed by atoms with E-state index < -0.39 is 0 Å². The standard InChI is InChI=1S/C12H15ClN2O3/c1-9(16)14-10-2-4-11(5-3-10)15-12(17)8-18-7-6-13/h2-5H,6-8H2,1H3,(H,14,16)(H,15,17). The van der Waals surface area contributed by atoms with Crippen LogP contribution in [0.2, 0.25) is 0 Å². The number of anilines is 2. The molecule has 2 N–H and O–H groups in total. The van der Waals surface area contributed by atoms with Gasteiger partial charge in [-0.25, -0.2) is 0 Å². The van der Waals surface area contributed by atoms with Crippen molar-refractivity contribution in [2.75, 3.05) is 29.7 Å². The predicted molar refractivity (Wildman–Crippen MR) is 70.9 cm³/mol. The van der Waals surface area contributed by atoms with Gasteiger partial charge in [-0.3, -0.25) is 9.59 Å². The minimum Gasteiger partial charge on any atom is -0.370 e. The fourth-order valence-corrected chi connectivity index (χ4v) is 1.37. The number of amides is 2. The lowest BCUT2D eigenvalue weighted by Gasteiger charge is -2.07. The molecule has 0 radical (unpaired) electrons. The SMILES string of the molecule is CC(=O)Nc1ccc(NC(=O)COCCCl)cc1. The number of benzene rings is 1. The number of alkyl halides is 1. The second-order valence-electron chi connectivity index (χ2n) is 3.55. The first kappa shape index (κ1) is 14.5. The quantitative estimate of drug-likeness (QED) is 0.612. The molecule has 18 heavy (non-hydrogen) atoms. The normalized spacial score (nSPS) is 9.89. The van der Waals surface area contributed by atoms with Gasteiger partial charge in [0.25, 0.3) is 0 Å². The van der Waals surface area contributed by atoms with Gasteiger partial charge in [0.15, 0.2) is 0 Å². The summed E-state index contributed by atoms with van der Waals surface area (Å²) < 4.78 is 4.99. The third-order valence-electron chi connectivity index (χ3n) is 1.94. The smallest absolute Gasteiger partial charge is 0.250 e. The number of ether oxygens (including phenoxy) is 1. The maximum absolute atomic E-state index is 11.4. The Labute approximate surface area is 110 Å². The molecule has 0 saturated heterocycles. The molecule has 5 nitrogen and oxygen atoms in total. The Balaban J connectivity index is 2.43. The van der Waals surface area contributed by atoms with Crippen LogP contribution in [0.15, 0.2) is 24.3 Å². The summed E-state index contributed by atoms with van der Waals surface area (Å²) in [6.45, 7) is 1.75. The molecule has 0 unspecified atom stereocenters. The summed E-state index contributed by atoms with van der Waals surface area (Å²) in [5, 5.41) is 5.30. The van der Waals surface area contributed by atoms with Crippen LogP contribution >= 0.6 is 11.6 Å². The Bertz CT molecular complexity index is 406. The average molecular weight is 271 g/mol. The lowest BCUT2D eigenvalue weighted by atomic mass is 10.2. The van der Waals surface area contributed by atoms with E-state index in [0.717, 1.165) is 0 Å². The molecule has 6 heteroatoms. The Morgan fingerprint density at radius 1 is 1.17 bits per heavy atom. The van der Waals surface area contributed by atoms with Crippen molar-refractivity contribution in [3.05, 3.63) is 24.3 Å². The molecule has 0 bridgehead atoms. The predicted octanol–water partition coefficient (Wildman–Crippen LogP) is 1.84. The maximum atomic E-state index is 11.4. The second kappa shape index (κ2) is 7.68. The van der Waals surface area contributed by atoms with Gasteiger partial charge in [-0.05, 0) is 24.3 Å². The molecular formula is C12H15ClN2O3. The minimum atomic E-state index is -0.243. The molecular weight excluding hydrogens is 256 g/mol. The Morgan fingerprint density at radius 2 is 1.72 bits per heavy atom. The highest BCUT2D eigenvalue weighted by atomic mass is 35.5. The number of nitrogens with one attached hydrogen (secondary N) is 2. The van der Waals surface area contributed by atoms with Gasteiger partial charge in [0.2, 0.25) is 11.8 Å². The minimum absolute atomic E-state index is 0.0276. The van der Waals surface area contributed by atoms with Crippen LogP contribution in [0.3, 0.4) is 0 Å². The zero-order chi connectivity index (χ0) is 13.4. The first-order valence-corrected chi connectivity index (χ1v) is 5.96. The number of halogens is 1. The zero-order valence-corrected chi connectivity index (χ0v) is 10.8. The van der Waals surface area contributed by atoms with Gasteiger partial charge in [0.1, 0.15) is 6.61 Å². The maximum Gasteiger partial charge on any atom is 0.250 e. The van der Waals surface area contributed by atoms with Gasteiger partial charge < -0.3 is 15.4 Å². The Morgan fingerprint density at radius 3 is 2.22 bits per heavy atom. The molecule has 98 valence electrons. The van der Waals surface area contributed by atoms with E-state index in [2.05, 4.69) is 10.6 Å². The van der Waals surface area contributed by atoms with E-state index >= 15 is 0 Å². The first-order valence-electron chi connectivity index (χ1n) is 5.43. The van der Waals surface area contributed by atoms with Crippen LogP contribution in [0.4, 0.5) is 11.4 Å². The van der Waals surface area contributed by atoms with Crippen molar-refractivity contribution < 1.29 is 14.3 Å². The van der Waals surface area contributed by atoms with Crippen molar-refractivity contribution in [2.24, 2.45) is 0 Å². The molecule has 0 atom stereocenters. The highest BCUT2D eigenvalue weighted by Gasteiger charge is 2.02. The van der Waals surface area contributed by atoms with Crippen LogP contribution in [-0.2, 0) is 14.3 Å². The number of hydrogen-bond acceptors (Lipinski definition) is 3. The van der Waals surface area contributed by atoms with Crippen molar-refractivity contribution in [1.82, 2.24) is 0 Å². The third kappa shape index (κ3) is 5.65. The molecule has 2 amide bonds. The lowest BCUT2D eigenvalue weighted by Crippen LogP contribution is -2.18. The van der Waals surface area contributed by atoms with E-state index in [-0.39, 0.29) is 18.4 Å². The molecule has 1 aromatic carbocycles. The van der Waals surface area contributed by atoms with Crippen molar-refractivity contribution in [1.29, 1.82) is 0 Å². The van der Waals surface area contributed by atoms with Crippen molar-refractivity contribution >= 4 is 34.8 Å². The van der Waals surface area contributed by atoms with E-state index in [1.807, 2.05) is 0 Å². The zero-order valence-electron chi connectivity index (χ0n) is 10.0. The first-order chi connectivity index (χ1) is 8.61. The van der Waals surface area contributed by atoms with Crippen molar-refractivity contribution in [3.8, 4) is 0 Å². The topological polar surface area (TPSA) is 67.4 Å². The Hall–Kier alpha value is -1.59. The van der Waals surface area contributed by atoms with Gasteiger partial charge >= 0.3 is 0 Å². The Kier molecular flexibility index (Phi) is 6.18. The summed E-state index contributed by atoms with van der Waals surface area (Å²) >= 11 is 5.41. The van der Waals surface area contributed by atoms with Crippen molar-refractivity contribution in [2.45, 2.75) is 6.92 Å². The van der Waals surface area contributed by atoms with Gasteiger partial charge in [0.05, 0.1) is 6.61 Å². The van der Waals surface area contributed by atoms with Crippen LogP contribution in [0.1, 0.15) is 6.92 Å². The van der Waals surface area contributed by atoms with Gasteiger partial charge in [-0.2, -0.15) is 0 Å². The fraction of sp³-hybridized carbons (Fsp3) is 0.333. The third-order valence-corrected chi connectivity index (χ3v) is 2.10. The molecule has 0 fully saturated rings. The van der Waals surface area contributed by atoms with E-state index in [4.69, 9.17) is 16.3 Å². The van der Waals surface area contributed by atoms with Crippen molar-refractivity contribution in [3.63, 3.8) is 0 Å². The van der Waals surface area contributed by atoms with E-state index in [1.54, 1.807) is 24.3 Å². The van der Waals surface area contributed by atoms with Crippen LogP contribution in [0.25, 0.3) is 0 Å². The highest BCUT2D eigenvalue weighted by Crippen LogP contribution is 2.13. The number of hydrogen-bond donors (Lipinski definition) is 2. The van der Waals surface area contributed by atoms with Crippen LogP contribution in [0, 0.1) is 0 Å². The summed E-state index contributed by atoms with van der Waals surface area (Å²) in [4.78, 5) is 22.2. The average Bonchev–Trinajstić information content (AvgIpc) is 2.31. The second-order valence-corrected chi connectivity index (χ2v) is 3.93. The number of rotatable bonds is 6. The van der Waals surface area contributed by atoms with Crippen LogP contribution in [-0.4, -0.2) is 30.9 Å². The van der Waals surface area contributed by atoms with Crippen LogP contribution in [0.5, 0.6) is 0 Å². The van der Waals surface area contributed by atoms with E-state index in [0.29, 0.717) is 23.9 Å². The molecule has 0 aliphatic carbocycles. The summed E-state index contributed by atoms with van der Waals surface area (Å²) in [7, 11) is 0. The van der Waals surface area contributed by atoms with Gasteiger partial charge in [-0.1, -0.05) is 0 Å².